The molecule has 3 saturated heterocycles. The van der Waals surface area contributed by atoms with E-state index in [2.05, 4.69) is 9.80 Å². The summed E-state index contributed by atoms with van der Waals surface area (Å²) in [7, 11) is 0. The normalized spacial score (nSPS) is 23.7. The van der Waals surface area contributed by atoms with Crippen LogP contribution in [0.5, 0.6) is 0 Å². The molecule has 194 valence electrons. The van der Waals surface area contributed by atoms with Gasteiger partial charge < -0.3 is 24.8 Å². The number of fused-ring (bicyclic) bond motifs is 11. The van der Waals surface area contributed by atoms with Crippen LogP contribution in [0.15, 0.2) is 0 Å². The SMILES string of the molecule is CC.CC.CC(=O)CCC(C(=O)O)N1CCCN2CCN(CCCN(CC(=O)O)CC1)CC2. The summed E-state index contributed by atoms with van der Waals surface area (Å²) in [5, 5.41) is 19.0. The Morgan fingerprint density at radius 3 is 1.70 bits per heavy atom. The van der Waals surface area contributed by atoms with Gasteiger partial charge in [0, 0.05) is 58.8 Å². The van der Waals surface area contributed by atoms with E-state index in [1.165, 1.54) is 6.92 Å². The lowest BCUT2D eigenvalue weighted by Crippen LogP contribution is -2.50. The molecule has 1 unspecified atom stereocenters. The van der Waals surface area contributed by atoms with Crippen molar-refractivity contribution in [2.75, 3.05) is 72.0 Å². The molecular weight excluding hydrogens is 424 g/mol. The third-order valence-corrected chi connectivity index (χ3v) is 5.89. The molecule has 2 bridgehead atoms. The van der Waals surface area contributed by atoms with Gasteiger partial charge in [-0.15, -0.1) is 0 Å². The number of hydrogen-bond donors (Lipinski definition) is 2. The predicted molar refractivity (Wildman–Crippen MR) is 132 cm³/mol. The monoisotopic (exact) mass is 472 g/mol. The average molecular weight is 473 g/mol. The van der Waals surface area contributed by atoms with Crippen LogP contribution in [-0.2, 0) is 14.4 Å². The molecular formula is C24H48N4O5. The highest BCUT2D eigenvalue weighted by molar-refractivity contribution is 5.78. The average Bonchev–Trinajstić information content (AvgIpc) is 2.79. The number of aliphatic carboxylic acids is 2. The number of hydrogen-bond acceptors (Lipinski definition) is 7. The molecule has 9 heteroatoms. The lowest BCUT2D eigenvalue weighted by molar-refractivity contribution is -0.144. The van der Waals surface area contributed by atoms with Crippen molar-refractivity contribution in [3.8, 4) is 0 Å². The van der Waals surface area contributed by atoms with Crippen LogP contribution < -0.4 is 0 Å². The molecule has 0 amide bonds. The zero-order chi connectivity index (χ0) is 25.2. The van der Waals surface area contributed by atoms with E-state index >= 15 is 0 Å². The van der Waals surface area contributed by atoms with Gasteiger partial charge >= 0.3 is 11.9 Å². The van der Waals surface area contributed by atoms with Crippen molar-refractivity contribution in [3.63, 3.8) is 0 Å². The van der Waals surface area contributed by atoms with Gasteiger partial charge in [0.05, 0.1) is 6.54 Å². The largest absolute Gasteiger partial charge is 0.480 e. The molecule has 33 heavy (non-hydrogen) atoms. The van der Waals surface area contributed by atoms with Crippen LogP contribution in [0.1, 0.15) is 60.3 Å². The molecule has 3 fully saturated rings. The number of piperazine rings is 1. The van der Waals surface area contributed by atoms with E-state index in [0.717, 1.165) is 52.1 Å². The van der Waals surface area contributed by atoms with Crippen molar-refractivity contribution in [1.82, 2.24) is 19.6 Å². The zero-order valence-electron chi connectivity index (χ0n) is 21.6. The van der Waals surface area contributed by atoms with Gasteiger partial charge in [-0.3, -0.25) is 19.4 Å². The molecule has 3 rings (SSSR count). The minimum atomic E-state index is -0.911. The fraction of sp³-hybridized carbons (Fsp3) is 0.875. The Labute approximate surface area is 200 Å². The summed E-state index contributed by atoms with van der Waals surface area (Å²) >= 11 is 0. The summed E-state index contributed by atoms with van der Waals surface area (Å²) in [4.78, 5) is 43.3. The molecule has 1 atom stereocenters. The quantitative estimate of drug-likeness (QED) is 0.575. The summed E-state index contributed by atoms with van der Waals surface area (Å²) < 4.78 is 0. The summed E-state index contributed by atoms with van der Waals surface area (Å²) in [6.45, 7) is 17.8. The van der Waals surface area contributed by atoms with E-state index in [0.29, 0.717) is 32.6 Å². The second-order valence-corrected chi connectivity index (χ2v) is 8.19. The molecule has 0 saturated carbocycles. The molecule has 0 aliphatic carbocycles. The molecule has 2 N–H and O–H groups in total. The third kappa shape index (κ3) is 13.7. The van der Waals surface area contributed by atoms with Crippen LogP contribution >= 0.6 is 0 Å². The Kier molecular flexibility index (Phi) is 17.9. The first-order valence-electron chi connectivity index (χ1n) is 12.7. The Bertz CT molecular complexity index is 553. The second-order valence-electron chi connectivity index (χ2n) is 8.19. The highest BCUT2D eigenvalue weighted by Gasteiger charge is 2.27. The van der Waals surface area contributed by atoms with Crippen LogP contribution in [0.25, 0.3) is 0 Å². The summed E-state index contributed by atoms with van der Waals surface area (Å²) in [6.07, 6.45) is 2.30. The number of Topliss-reactive ketones (excluding diaryl/α,β-unsaturated/α-hetero) is 1. The van der Waals surface area contributed by atoms with Gasteiger partial charge in [-0.25, -0.2) is 0 Å². The summed E-state index contributed by atoms with van der Waals surface area (Å²) in [6, 6.07) is -0.713. The Morgan fingerprint density at radius 1 is 0.727 bits per heavy atom. The maximum Gasteiger partial charge on any atom is 0.320 e. The Balaban J connectivity index is 0.00000242. The van der Waals surface area contributed by atoms with Crippen molar-refractivity contribution < 1.29 is 24.6 Å². The number of carbonyl (C=O) groups is 3. The predicted octanol–water partition coefficient (Wildman–Crippen LogP) is 1.96. The van der Waals surface area contributed by atoms with Gasteiger partial charge in [-0.2, -0.15) is 0 Å². The molecule has 3 aliphatic heterocycles. The first-order valence-corrected chi connectivity index (χ1v) is 12.7. The fourth-order valence-electron chi connectivity index (χ4n) is 4.21. The minimum absolute atomic E-state index is 0.0104. The zero-order valence-corrected chi connectivity index (χ0v) is 21.6. The van der Waals surface area contributed by atoms with Crippen molar-refractivity contribution >= 4 is 17.7 Å². The first-order chi connectivity index (χ1) is 15.8. The van der Waals surface area contributed by atoms with Gasteiger partial charge in [-0.05, 0) is 39.3 Å². The highest BCUT2D eigenvalue weighted by Crippen LogP contribution is 2.12. The lowest BCUT2D eigenvalue weighted by atomic mass is 10.1. The van der Waals surface area contributed by atoms with Gasteiger partial charge in [-0.1, -0.05) is 27.7 Å². The molecule has 0 radical (unpaired) electrons. The number of rotatable bonds is 7. The standard InChI is InChI=1S/C20H36N4O5.2C2H6/c1-17(25)4-5-18(20(28)29)24-9-3-7-22-12-10-21(11-13-22)6-2-8-23(14-15-24)16-19(26)27;2*1-2/h18H,2-16H2,1H3,(H,26,27)(H,28,29);2*1-2H3. The molecule has 0 aromatic carbocycles. The van der Waals surface area contributed by atoms with Gasteiger partial charge in [0.25, 0.3) is 0 Å². The number of carboxylic acid groups (broad SMARTS) is 2. The second kappa shape index (κ2) is 18.8. The molecule has 0 aromatic rings. The van der Waals surface area contributed by atoms with Crippen LogP contribution in [0, 0.1) is 0 Å². The van der Waals surface area contributed by atoms with Crippen molar-refractivity contribution in [2.24, 2.45) is 0 Å². The van der Waals surface area contributed by atoms with Crippen molar-refractivity contribution in [1.29, 1.82) is 0 Å². The number of ketones is 1. The van der Waals surface area contributed by atoms with E-state index in [1.54, 1.807) is 0 Å². The first kappa shape index (κ1) is 31.4. The van der Waals surface area contributed by atoms with Crippen LogP contribution in [0.2, 0.25) is 0 Å². The molecule has 0 spiro atoms. The van der Waals surface area contributed by atoms with Crippen LogP contribution in [0.3, 0.4) is 0 Å². The molecule has 3 heterocycles. The molecule has 3 aliphatic rings. The third-order valence-electron chi connectivity index (χ3n) is 5.89. The maximum atomic E-state index is 11.9. The topological polar surface area (TPSA) is 105 Å². The lowest BCUT2D eigenvalue weighted by Gasteiger charge is -2.37. The highest BCUT2D eigenvalue weighted by atomic mass is 16.4. The van der Waals surface area contributed by atoms with Crippen molar-refractivity contribution in [2.45, 2.75) is 66.3 Å². The van der Waals surface area contributed by atoms with Gasteiger partial charge in [0.15, 0.2) is 0 Å². The maximum absolute atomic E-state index is 11.9. The van der Waals surface area contributed by atoms with E-state index < -0.39 is 18.0 Å². The summed E-state index contributed by atoms with van der Waals surface area (Å²) in [5.74, 6) is -1.79. The number of carbonyl (C=O) groups excluding carboxylic acids is 1. The number of carboxylic acids is 2. The Hall–Kier alpha value is -1.55. The fourth-order valence-corrected chi connectivity index (χ4v) is 4.21. The van der Waals surface area contributed by atoms with E-state index in [4.69, 9.17) is 0 Å². The van der Waals surface area contributed by atoms with Crippen molar-refractivity contribution in [3.05, 3.63) is 0 Å². The molecule has 0 aromatic heterocycles. The van der Waals surface area contributed by atoms with E-state index in [9.17, 15) is 24.6 Å². The van der Waals surface area contributed by atoms with Crippen LogP contribution in [0.4, 0.5) is 0 Å². The van der Waals surface area contributed by atoms with Crippen LogP contribution in [-0.4, -0.2) is 126 Å². The van der Waals surface area contributed by atoms with Gasteiger partial charge in [0.2, 0.25) is 0 Å². The minimum Gasteiger partial charge on any atom is -0.480 e. The van der Waals surface area contributed by atoms with E-state index in [-0.39, 0.29) is 18.7 Å². The van der Waals surface area contributed by atoms with Gasteiger partial charge in [0.1, 0.15) is 11.8 Å². The Morgan fingerprint density at radius 2 is 1.24 bits per heavy atom. The summed E-state index contributed by atoms with van der Waals surface area (Å²) in [5.41, 5.74) is 0. The smallest absolute Gasteiger partial charge is 0.320 e. The molecule has 9 nitrogen and oxygen atoms in total. The number of nitrogens with zero attached hydrogens (tertiary/aromatic N) is 4. The van der Waals surface area contributed by atoms with E-state index in [1.807, 2.05) is 37.5 Å².